The van der Waals surface area contributed by atoms with E-state index in [4.69, 9.17) is 9.47 Å². The summed E-state index contributed by atoms with van der Waals surface area (Å²) in [7, 11) is 1.33. The Hall–Kier alpha value is -2.61. The molecule has 0 spiro atoms. The summed E-state index contributed by atoms with van der Waals surface area (Å²) in [6.07, 6.45) is 0. The number of benzene rings is 1. The Morgan fingerprint density at radius 1 is 1.50 bits per heavy atom. The van der Waals surface area contributed by atoms with Crippen molar-refractivity contribution in [2.45, 2.75) is 20.5 Å². The summed E-state index contributed by atoms with van der Waals surface area (Å²) >= 11 is 0. The van der Waals surface area contributed by atoms with Crippen LogP contribution in [-0.2, 0) is 11.3 Å². The molecule has 0 aliphatic heterocycles. The summed E-state index contributed by atoms with van der Waals surface area (Å²) in [6.45, 7) is 2.92. The van der Waals surface area contributed by atoms with Crippen LogP contribution in [0.3, 0.4) is 0 Å². The topological polar surface area (TPSA) is 115 Å². The average molecular weight is 308 g/mol. The fraction of sp³-hybridized carbons (Fsp3) is 0.357. The lowest BCUT2D eigenvalue weighted by molar-refractivity contribution is -0.384. The van der Waals surface area contributed by atoms with Crippen LogP contribution in [0.4, 0.5) is 5.69 Å². The molecule has 2 aromatic rings. The van der Waals surface area contributed by atoms with Gasteiger partial charge in [-0.3, -0.25) is 10.1 Å². The van der Waals surface area contributed by atoms with E-state index >= 15 is 0 Å². The van der Waals surface area contributed by atoms with Gasteiger partial charge in [-0.15, -0.1) is 0 Å². The second-order valence-corrected chi connectivity index (χ2v) is 4.61. The van der Waals surface area contributed by atoms with Crippen molar-refractivity contribution < 1.29 is 24.3 Å². The third-order valence-corrected chi connectivity index (χ3v) is 3.33. The SMILES string of the molecule is CCOC(=O)c1[nH]c2cc(C)c(OC)c([N+](=O)[O-])c2c1CO. The Balaban J connectivity index is 2.88. The molecule has 1 heterocycles. The molecule has 1 aromatic heterocycles. The van der Waals surface area contributed by atoms with Crippen molar-refractivity contribution in [3.8, 4) is 5.75 Å². The van der Waals surface area contributed by atoms with Gasteiger partial charge in [0.2, 0.25) is 5.75 Å². The predicted octanol–water partition coefficient (Wildman–Crippen LogP) is 2.06. The molecule has 0 saturated carbocycles. The first-order valence-electron chi connectivity index (χ1n) is 6.60. The molecule has 0 radical (unpaired) electrons. The number of fused-ring (bicyclic) bond motifs is 1. The van der Waals surface area contributed by atoms with Crippen LogP contribution in [0.2, 0.25) is 0 Å². The third kappa shape index (κ3) is 2.37. The van der Waals surface area contributed by atoms with Gasteiger partial charge >= 0.3 is 11.7 Å². The van der Waals surface area contributed by atoms with Gasteiger partial charge in [-0.2, -0.15) is 0 Å². The monoisotopic (exact) mass is 308 g/mol. The first-order chi connectivity index (χ1) is 10.5. The number of aliphatic hydroxyl groups is 1. The lowest BCUT2D eigenvalue weighted by atomic mass is 10.1. The molecule has 8 heteroatoms. The van der Waals surface area contributed by atoms with E-state index in [-0.39, 0.29) is 34.7 Å². The van der Waals surface area contributed by atoms with Crippen LogP contribution < -0.4 is 4.74 Å². The van der Waals surface area contributed by atoms with E-state index in [1.54, 1.807) is 19.9 Å². The molecule has 0 aliphatic carbocycles. The Morgan fingerprint density at radius 2 is 2.18 bits per heavy atom. The number of H-pyrrole nitrogens is 1. The number of carbonyl (C=O) groups is 1. The maximum atomic E-state index is 11.9. The van der Waals surface area contributed by atoms with Gasteiger partial charge in [0.05, 0.1) is 36.1 Å². The summed E-state index contributed by atoms with van der Waals surface area (Å²) in [6, 6.07) is 1.63. The molecule has 0 atom stereocenters. The molecule has 1 aromatic carbocycles. The van der Waals surface area contributed by atoms with Gasteiger partial charge in [0.25, 0.3) is 0 Å². The number of aliphatic hydroxyl groups excluding tert-OH is 1. The molecular formula is C14H16N2O6. The smallest absolute Gasteiger partial charge is 0.355 e. The van der Waals surface area contributed by atoms with Crippen LogP contribution in [-0.4, -0.2) is 34.7 Å². The van der Waals surface area contributed by atoms with E-state index in [1.807, 2.05) is 0 Å². The Bertz CT molecular complexity index is 750. The lowest BCUT2D eigenvalue weighted by Gasteiger charge is -2.07. The van der Waals surface area contributed by atoms with Crippen LogP contribution >= 0.6 is 0 Å². The number of aromatic amines is 1. The van der Waals surface area contributed by atoms with Crippen LogP contribution in [0.15, 0.2) is 6.07 Å². The molecule has 2 N–H and O–H groups in total. The summed E-state index contributed by atoms with van der Waals surface area (Å²) in [5.41, 5.74) is 0.766. The Morgan fingerprint density at radius 3 is 2.68 bits per heavy atom. The number of carbonyl (C=O) groups excluding carboxylic acids is 1. The zero-order valence-electron chi connectivity index (χ0n) is 12.4. The second kappa shape index (κ2) is 6.02. The fourth-order valence-electron chi connectivity index (χ4n) is 2.49. The van der Waals surface area contributed by atoms with E-state index in [0.29, 0.717) is 11.1 Å². The zero-order valence-corrected chi connectivity index (χ0v) is 12.4. The van der Waals surface area contributed by atoms with E-state index in [0.717, 1.165) is 0 Å². The number of esters is 1. The van der Waals surface area contributed by atoms with Gasteiger partial charge in [-0.25, -0.2) is 4.79 Å². The average Bonchev–Trinajstić information content (AvgIpc) is 2.83. The van der Waals surface area contributed by atoms with Crippen molar-refractivity contribution in [3.63, 3.8) is 0 Å². The van der Waals surface area contributed by atoms with Crippen molar-refractivity contribution in [2.75, 3.05) is 13.7 Å². The molecule has 0 saturated heterocycles. The molecule has 0 amide bonds. The minimum atomic E-state index is -0.673. The van der Waals surface area contributed by atoms with Crippen LogP contribution in [0.25, 0.3) is 10.9 Å². The minimum Gasteiger partial charge on any atom is -0.490 e. The van der Waals surface area contributed by atoms with Crippen LogP contribution in [0.5, 0.6) is 5.75 Å². The van der Waals surface area contributed by atoms with Gasteiger partial charge in [-0.1, -0.05) is 0 Å². The highest BCUT2D eigenvalue weighted by molar-refractivity contribution is 6.03. The van der Waals surface area contributed by atoms with E-state index in [9.17, 15) is 20.0 Å². The quantitative estimate of drug-likeness (QED) is 0.496. The first-order valence-corrected chi connectivity index (χ1v) is 6.60. The van der Waals surface area contributed by atoms with Crippen molar-refractivity contribution in [1.82, 2.24) is 4.98 Å². The lowest BCUT2D eigenvalue weighted by Crippen LogP contribution is -2.08. The number of aromatic nitrogens is 1. The standard InChI is InChI=1S/C14H16N2O6/c1-4-22-14(18)11-8(6-17)10-9(15-11)5-7(2)13(21-3)12(10)16(19)20/h5,15,17H,4,6H2,1-3H3. The van der Waals surface area contributed by atoms with Crippen molar-refractivity contribution in [1.29, 1.82) is 0 Å². The maximum absolute atomic E-state index is 11.9. The highest BCUT2D eigenvalue weighted by Crippen LogP contribution is 2.41. The molecule has 0 aliphatic rings. The summed E-state index contributed by atoms with van der Waals surface area (Å²) in [4.78, 5) is 25.6. The largest absolute Gasteiger partial charge is 0.490 e. The molecule has 0 fully saturated rings. The normalized spacial score (nSPS) is 10.7. The first kappa shape index (κ1) is 15.8. The Labute approximate surface area is 125 Å². The summed E-state index contributed by atoms with van der Waals surface area (Å²) in [5, 5.41) is 21.2. The highest BCUT2D eigenvalue weighted by atomic mass is 16.6. The summed E-state index contributed by atoms with van der Waals surface area (Å²) in [5.74, 6) is -0.574. The molecule has 118 valence electrons. The highest BCUT2D eigenvalue weighted by Gasteiger charge is 2.29. The van der Waals surface area contributed by atoms with Crippen LogP contribution in [0, 0.1) is 17.0 Å². The number of rotatable bonds is 5. The number of aryl methyl sites for hydroxylation is 1. The number of hydrogen-bond donors (Lipinski definition) is 2. The number of ether oxygens (including phenoxy) is 2. The number of nitrogens with one attached hydrogen (secondary N) is 1. The van der Waals surface area contributed by atoms with Crippen molar-refractivity contribution in [3.05, 3.63) is 33.0 Å². The third-order valence-electron chi connectivity index (χ3n) is 3.33. The van der Waals surface area contributed by atoms with Gasteiger partial charge in [0.1, 0.15) is 5.69 Å². The van der Waals surface area contributed by atoms with Gasteiger partial charge in [0.15, 0.2) is 0 Å². The molecule has 2 rings (SSSR count). The van der Waals surface area contributed by atoms with Crippen LogP contribution in [0.1, 0.15) is 28.5 Å². The number of nitro benzene ring substituents is 1. The second-order valence-electron chi connectivity index (χ2n) is 4.61. The zero-order chi connectivity index (χ0) is 16.4. The number of nitro groups is 1. The molecule has 0 bridgehead atoms. The number of hydrogen-bond acceptors (Lipinski definition) is 6. The minimum absolute atomic E-state index is 0.00935. The number of nitrogens with zero attached hydrogens (tertiary/aromatic N) is 1. The van der Waals surface area contributed by atoms with E-state index in [2.05, 4.69) is 4.98 Å². The van der Waals surface area contributed by atoms with Gasteiger partial charge < -0.3 is 19.6 Å². The summed E-state index contributed by atoms with van der Waals surface area (Å²) < 4.78 is 10.0. The molecule has 22 heavy (non-hydrogen) atoms. The van der Waals surface area contributed by atoms with Crippen molar-refractivity contribution >= 4 is 22.6 Å². The van der Waals surface area contributed by atoms with Gasteiger partial charge in [0, 0.05) is 11.1 Å². The molecular weight excluding hydrogens is 292 g/mol. The predicted molar refractivity (Wildman–Crippen MR) is 78.1 cm³/mol. The Kier molecular flexibility index (Phi) is 4.32. The fourth-order valence-corrected chi connectivity index (χ4v) is 2.49. The van der Waals surface area contributed by atoms with Gasteiger partial charge in [-0.05, 0) is 19.9 Å². The number of methoxy groups -OCH3 is 1. The molecule has 0 unspecified atom stereocenters. The van der Waals surface area contributed by atoms with Crippen molar-refractivity contribution in [2.24, 2.45) is 0 Å². The van der Waals surface area contributed by atoms with E-state index in [1.165, 1.54) is 7.11 Å². The van der Waals surface area contributed by atoms with E-state index < -0.39 is 17.5 Å². The molecule has 8 nitrogen and oxygen atoms in total. The maximum Gasteiger partial charge on any atom is 0.355 e.